The van der Waals surface area contributed by atoms with Crippen molar-refractivity contribution in [2.45, 2.75) is 103 Å². The molecule has 258 valence electrons. The first-order chi connectivity index (χ1) is 21.8. The predicted octanol–water partition coefficient (Wildman–Crippen LogP) is 6.71. The number of benzene rings is 2. The Bertz CT molecular complexity index is 1540. The summed E-state index contributed by atoms with van der Waals surface area (Å²) in [7, 11) is -1.72. The fourth-order valence-corrected chi connectivity index (χ4v) is 7.12. The van der Waals surface area contributed by atoms with Crippen LogP contribution in [-0.2, 0) is 19.4 Å². The molecule has 1 saturated carbocycles. The van der Waals surface area contributed by atoms with Crippen molar-refractivity contribution in [3.8, 4) is 0 Å². The van der Waals surface area contributed by atoms with Gasteiger partial charge in [-0.15, -0.1) is 0 Å². The van der Waals surface area contributed by atoms with Crippen molar-refractivity contribution in [3.05, 3.63) is 65.2 Å². The third-order valence-corrected chi connectivity index (χ3v) is 10.4. The van der Waals surface area contributed by atoms with Gasteiger partial charge in [0.25, 0.3) is 5.91 Å². The van der Waals surface area contributed by atoms with Gasteiger partial charge in [-0.05, 0) is 80.0 Å². The number of aliphatic carboxylic acids is 1. The number of amides is 1. The standard InChI is InChI=1S/C33H44N2O4S.C4H9NO2/c1-31(2,3)18-17-28(24-13-11-23(22-36)12-14-24)35-30(37)29(25-9-8-10-27(21-25)40(7,38)39)34-33(35)19-15-26(16-20-33)32(4,5)6;1-5-3-2-4(6)7/h8-14,21-22,26,28H,15-20H2,1-7H3;5H,2-3H2,1H3,(H,6,7). The van der Waals surface area contributed by atoms with Crippen molar-refractivity contribution >= 4 is 33.7 Å². The van der Waals surface area contributed by atoms with E-state index in [-0.39, 0.29) is 34.1 Å². The third kappa shape index (κ3) is 10.1. The topological polar surface area (TPSA) is 133 Å². The monoisotopic (exact) mass is 667 g/mol. The Morgan fingerprint density at radius 1 is 1.09 bits per heavy atom. The Balaban J connectivity index is 0.000000771. The Morgan fingerprint density at radius 3 is 2.17 bits per heavy atom. The van der Waals surface area contributed by atoms with E-state index >= 15 is 0 Å². The highest BCUT2D eigenvalue weighted by atomic mass is 32.2. The maximum absolute atomic E-state index is 14.5. The summed E-state index contributed by atoms with van der Waals surface area (Å²) in [4.78, 5) is 43.0. The number of sulfone groups is 1. The van der Waals surface area contributed by atoms with Crippen molar-refractivity contribution in [1.29, 1.82) is 0 Å². The molecule has 1 aliphatic carbocycles. The van der Waals surface area contributed by atoms with Crippen LogP contribution < -0.4 is 5.32 Å². The summed E-state index contributed by atoms with van der Waals surface area (Å²) in [5.41, 5.74) is 2.00. The lowest BCUT2D eigenvalue weighted by molar-refractivity contribution is -0.137. The van der Waals surface area contributed by atoms with Crippen LogP contribution in [0.2, 0.25) is 0 Å². The van der Waals surface area contributed by atoms with E-state index in [1.807, 2.05) is 29.2 Å². The zero-order chi connectivity index (χ0) is 35.2. The smallest absolute Gasteiger partial charge is 0.304 e. The number of nitrogens with one attached hydrogen (secondary N) is 1. The highest BCUT2D eigenvalue weighted by Crippen LogP contribution is 2.50. The molecule has 0 bridgehead atoms. The molecule has 10 heteroatoms. The fraction of sp³-hybridized carbons (Fsp3) is 0.568. The highest BCUT2D eigenvalue weighted by molar-refractivity contribution is 7.90. The number of rotatable bonds is 10. The highest BCUT2D eigenvalue weighted by Gasteiger charge is 2.52. The number of hydrogen-bond donors (Lipinski definition) is 2. The van der Waals surface area contributed by atoms with Gasteiger partial charge < -0.3 is 15.3 Å². The quantitative estimate of drug-likeness (QED) is 0.269. The minimum absolute atomic E-state index is 0.0638. The average Bonchev–Trinajstić information content (AvgIpc) is 3.26. The van der Waals surface area contributed by atoms with Gasteiger partial charge in [0.15, 0.2) is 9.84 Å². The molecule has 1 amide bonds. The molecule has 1 unspecified atom stereocenters. The van der Waals surface area contributed by atoms with Gasteiger partial charge in [-0.25, -0.2) is 8.42 Å². The lowest BCUT2D eigenvalue weighted by atomic mass is 9.69. The van der Waals surface area contributed by atoms with Gasteiger partial charge in [0.1, 0.15) is 17.7 Å². The third-order valence-electron chi connectivity index (χ3n) is 9.26. The zero-order valence-electron chi connectivity index (χ0n) is 29.3. The molecular weight excluding hydrogens is 614 g/mol. The lowest BCUT2D eigenvalue weighted by Crippen LogP contribution is -2.51. The van der Waals surface area contributed by atoms with E-state index in [9.17, 15) is 22.8 Å². The molecule has 2 aliphatic rings. The van der Waals surface area contributed by atoms with Crippen molar-refractivity contribution in [1.82, 2.24) is 10.2 Å². The van der Waals surface area contributed by atoms with Gasteiger partial charge in [-0.2, -0.15) is 0 Å². The Hall–Kier alpha value is -3.37. The van der Waals surface area contributed by atoms with Crippen LogP contribution in [0.4, 0.5) is 0 Å². The molecule has 1 spiro atoms. The molecule has 2 aromatic rings. The van der Waals surface area contributed by atoms with Crippen LogP contribution in [0, 0.1) is 16.7 Å². The number of aliphatic imine (C=N–C) groups is 1. The van der Waals surface area contributed by atoms with Gasteiger partial charge in [0, 0.05) is 23.9 Å². The molecule has 0 aromatic heterocycles. The second-order valence-electron chi connectivity index (χ2n) is 15.2. The molecule has 47 heavy (non-hydrogen) atoms. The van der Waals surface area contributed by atoms with Crippen LogP contribution in [0.15, 0.2) is 58.4 Å². The Labute approximate surface area is 281 Å². The second kappa shape index (κ2) is 15.2. The summed E-state index contributed by atoms with van der Waals surface area (Å²) in [5.74, 6) is -0.379. The summed E-state index contributed by atoms with van der Waals surface area (Å²) in [6.45, 7) is 14.0. The minimum Gasteiger partial charge on any atom is -0.481 e. The van der Waals surface area contributed by atoms with E-state index in [0.717, 1.165) is 50.4 Å². The maximum Gasteiger partial charge on any atom is 0.304 e. The number of carboxylic acids is 1. The normalized spacial score (nSPS) is 20.8. The van der Waals surface area contributed by atoms with Crippen molar-refractivity contribution in [2.24, 2.45) is 21.7 Å². The first-order valence-corrected chi connectivity index (χ1v) is 18.4. The maximum atomic E-state index is 14.5. The first kappa shape index (κ1) is 38.1. The van der Waals surface area contributed by atoms with Gasteiger partial charge in [0.2, 0.25) is 0 Å². The number of carboxylic acid groups (broad SMARTS) is 1. The fourth-order valence-electron chi connectivity index (χ4n) is 6.45. The molecule has 0 radical (unpaired) electrons. The number of nitrogens with zero attached hydrogens (tertiary/aromatic N) is 2. The number of aldehydes is 1. The van der Waals surface area contributed by atoms with Crippen LogP contribution in [0.5, 0.6) is 0 Å². The molecule has 9 nitrogen and oxygen atoms in total. The minimum atomic E-state index is -3.44. The lowest BCUT2D eigenvalue weighted by Gasteiger charge is -2.47. The first-order valence-electron chi connectivity index (χ1n) is 16.5. The summed E-state index contributed by atoms with van der Waals surface area (Å²) < 4.78 is 24.7. The Kier molecular flexibility index (Phi) is 12.3. The second-order valence-corrected chi connectivity index (χ2v) is 17.2. The molecule has 1 fully saturated rings. The average molecular weight is 668 g/mol. The van der Waals surface area contributed by atoms with E-state index in [2.05, 4.69) is 46.9 Å². The van der Waals surface area contributed by atoms with E-state index < -0.39 is 21.5 Å². The van der Waals surface area contributed by atoms with Crippen LogP contribution in [0.1, 0.15) is 114 Å². The number of hydrogen-bond acceptors (Lipinski definition) is 7. The number of carbonyl (C=O) groups excluding carboxylic acids is 2. The predicted molar refractivity (Wildman–Crippen MR) is 187 cm³/mol. The largest absolute Gasteiger partial charge is 0.481 e. The van der Waals surface area contributed by atoms with Gasteiger partial charge in [-0.3, -0.25) is 19.4 Å². The molecule has 4 rings (SSSR count). The van der Waals surface area contributed by atoms with Crippen molar-refractivity contribution in [3.63, 3.8) is 0 Å². The van der Waals surface area contributed by atoms with Crippen LogP contribution in [0.3, 0.4) is 0 Å². The SMILES string of the molecule is CC(C)(C)CCC(c1ccc(C=O)cc1)N1C(=O)C(c2cccc(S(C)(=O)=O)c2)=NC12CCC(C(C)(C)C)CC2.CNCCC(=O)O. The molecule has 1 aliphatic heterocycles. The summed E-state index contributed by atoms with van der Waals surface area (Å²) in [6.07, 6.45) is 7.31. The molecule has 2 N–H and O–H groups in total. The molecule has 2 aromatic carbocycles. The van der Waals surface area contributed by atoms with Crippen LogP contribution >= 0.6 is 0 Å². The van der Waals surface area contributed by atoms with E-state index in [4.69, 9.17) is 10.1 Å². The van der Waals surface area contributed by atoms with E-state index in [1.54, 1.807) is 31.3 Å². The van der Waals surface area contributed by atoms with Crippen LogP contribution in [-0.4, -0.2) is 67.8 Å². The number of carbonyl (C=O) groups is 3. The zero-order valence-corrected chi connectivity index (χ0v) is 30.1. The molecule has 0 saturated heterocycles. The summed E-state index contributed by atoms with van der Waals surface area (Å²) >= 11 is 0. The molecule has 1 heterocycles. The van der Waals surface area contributed by atoms with Gasteiger partial charge >= 0.3 is 5.97 Å². The van der Waals surface area contributed by atoms with Crippen molar-refractivity contribution in [2.75, 3.05) is 19.8 Å². The van der Waals surface area contributed by atoms with Crippen molar-refractivity contribution < 1.29 is 27.9 Å². The summed E-state index contributed by atoms with van der Waals surface area (Å²) in [5, 5.41) is 10.7. The Morgan fingerprint density at radius 2 is 1.70 bits per heavy atom. The summed E-state index contributed by atoms with van der Waals surface area (Å²) in [6, 6.07) is 13.9. The van der Waals surface area contributed by atoms with Gasteiger partial charge in [-0.1, -0.05) is 77.9 Å². The molecular formula is C37H53N3O6S. The van der Waals surface area contributed by atoms with Gasteiger partial charge in [0.05, 0.1) is 17.4 Å². The van der Waals surface area contributed by atoms with Crippen LogP contribution in [0.25, 0.3) is 0 Å². The van der Waals surface area contributed by atoms with E-state index in [1.165, 1.54) is 6.26 Å². The van der Waals surface area contributed by atoms with E-state index in [0.29, 0.717) is 29.3 Å². The molecule has 1 atom stereocenters.